The molecular formula is C8H16N2O2. The largest absolute Gasteiger partial charge is 0.464 e. The van der Waals surface area contributed by atoms with Gasteiger partial charge in [-0.05, 0) is 6.92 Å². The highest BCUT2D eigenvalue weighted by atomic mass is 16.5. The molecule has 0 fully saturated rings. The summed E-state index contributed by atoms with van der Waals surface area (Å²) < 4.78 is 4.41. The molecule has 0 aliphatic rings. The van der Waals surface area contributed by atoms with E-state index in [2.05, 4.69) is 18.6 Å². The minimum atomic E-state index is -1.13. The number of nitrogens with two attached hydrogens (primary N) is 1. The molecule has 0 heterocycles. The first-order valence-corrected chi connectivity index (χ1v) is 3.95. The summed E-state index contributed by atoms with van der Waals surface area (Å²) in [7, 11) is 0. The van der Waals surface area contributed by atoms with Crippen molar-refractivity contribution in [2.45, 2.75) is 33.2 Å². The number of hydrogen-bond donors (Lipinski definition) is 1. The highest BCUT2D eigenvalue weighted by Crippen LogP contribution is 1.81. The maximum Gasteiger partial charge on any atom is 0.337 e. The van der Waals surface area contributed by atoms with Gasteiger partial charge in [0.2, 0.25) is 0 Å². The molecule has 4 heteroatoms. The van der Waals surface area contributed by atoms with Crippen molar-refractivity contribution >= 4 is 5.97 Å². The van der Waals surface area contributed by atoms with Gasteiger partial charge in [0.05, 0.1) is 12.7 Å². The molecule has 4 nitrogen and oxygen atoms in total. The normalized spacial score (nSPS) is 10.2. The molecule has 1 unspecified atom stereocenters. The SMILES string of the molecule is CCC.CCOC(=O)C(N)C#N. The molecule has 0 spiro atoms. The summed E-state index contributed by atoms with van der Waals surface area (Å²) in [5.41, 5.74) is 4.97. The zero-order chi connectivity index (χ0) is 9.98. The number of nitriles is 1. The molecule has 0 saturated carbocycles. The summed E-state index contributed by atoms with van der Waals surface area (Å²) in [6, 6.07) is 0.418. The Labute approximate surface area is 73.3 Å². The lowest BCUT2D eigenvalue weighted by Gasteiger charge is -2.00. The molecule has 1 atom stereocenters. The third kappa shape index (κ3) is 8.92. The van der Waals surface area contributed by atoms with E-state index in [-0.39, 0.29) is 6.61 Å². The fraction of sp³-hybridized carbons (Fsp3) is 0.750. The first kappa shape index (κ1) is 13.5. The Kier molecular flexibility index (Phi) is 11.2. The van der Waals surface area contributed by atoms with Crippen molar-refractivity contribution in [3.63, 3.8) is 0 Å². The molecule has 0 aromatic heterocycles. The van der Waals surface area contributed by atoms with Crippen LogP contribution in [-0.2, 0) is 9.53 Å². The predicted molar refractivity (Wildman–Crippen MR) is 46.2 cm³/mol. The Bertz CT molecular complexity index is 152. The van der Waals surface area contributed by atoms with E-state index in [1.165, 1.54) is 6.42 Å². The first-order valence-electron chi connectivity index (χ1n) is 3.95. The van der Waals surface area contributed by atoms with Gasteiger partial charge in [0.15, 0.2) is 6.04 Å². The lowest BCUT2D eigenvalue weighted by molar-refractivity contribution is -0.143. The number of esters is 1. The maximum absolute atomic E-state index is 10.4. The number of nitrogens with zero attached hydrogens (tertiary/aromatic N) is 1. The van der Waals surface area contributed by atoms with Crippen LogP contribution in [0.4, 0.5) is 0 Å². The van der Waals surface area contributed by atoms with Crippen molar-refractivity contribution < 1.29 is 9.53 Å². The van der Waals surface area contributed by atoms with Crippen molar-refractivity contribution in [2.24, 2.45) is 5.73 Å². The van der Waals surface area contributed by atoms with Gasteiger partial charge in [-0.3, -0.25) is 0 Å². The Hall–Kier alpha value is -1.08. The van der Waals surface area contributed by atoms with Crippen molar-refractivity contribution in [2.75, 3.05) is 6.61 Å². The molecule has 2 N–H and O–H groups in total. The van der Waals surface area contributed by atoms with Crippen LogP contribution in [0, 0.1) is 11.3 Å². The highest BCUT2D eigenvalue weighted by Gasteiger charge is 2.11. The molecule has 0 aromatic carbocycles. The topological polar surface area (TPSA) is 76.1 Å². The second kappa shape index (κ2) is 9.92. The smallest absolute Gasteiger partial charge is 0.337 e. The Morgan fingerprint density at radius 3 is 2.25 bits per heavy atom. The molecule has 0 radical (unpaired) electrons. The van der Waals surface area contributed by atoms with Gasteiger partial charge in [0, 0.05) is 0 Å². The van der Waals surface area contributed by atoms with Gasteiger partial charge in [-0.1, -0.05) is 20.3 Å². The number of rotatable bonds is 2. The number of ether oxygens (including phenoxy) is 1. The number of carbonyl (C=O) groups excluding carboxylic acids is 1. The van der Waals surface area contributed by atoms with Crippen LogP contribution in [0.5, 0.6) is 0 Å². The molecule has 0 aliphatic carbocycles. The van der Waals surface area contributed by atoms with Crippen LogP contribution in [0.2, 0.25) is 0 Å². The second-order valence-corrected chi connectivity index (χ2v) is 2.07. The average molecular weight is 172 g/mol. The third-order valence-corrected chi connectivity index (χ3v) is 0.680. The molecule has 70 valence electrons. The Morgan fingerprint density at radius 2 is 2.00 bits per heavy atom. The average Bonchev–Trinajstić information content (AvgIpc) is 2.05. The van der Waals surface area contributed by atoms with E-state index < -0.39 is 12.0 Å². The van der Waals surface area contributed by atoms with Gasteiger partial charge in [-0.25, -0.2) is 4.79 Å². The van der Waals surface area contributed by atoms with Crippen molar-refractivity contribution in [3.05, 3.63) is 0 Å². The van der Waals surface area contributed by atoms with Crippen LogP contribution in [0.25, 0.3) is 0 Å². The van der Waals surface area contributed by atoms with Crippen molar-refractivity contribution in [1.29, 1.82) is 5.26 Å². The first-order chi connectivity index (χ1) is 5.63. The molecule has 12 heavy (non-hydrogen) atoms. The summed E-state index contributed by atoms with van der Waals surface area (Å²) in [6.07, 6.45) is 1.25. The van der Waals surface area contributed by atoms with Gasteiger partial charge in [0.1, 0.15) is 0 Å². The quantitative estimate of drug-likeness (QED) is 0.625. The minimum Gasteiger partial charge on any atom is -0.464 e. The fourth-order valence-corrected chi connectivity index (χ4v) is 0.285. The van der Waals surface area contributed by atoms with Crippen LogP contribution in [0.15, 0.2) is 0 Å². The van der Waals surface area contributed by atoms with Gasteiger partial charge < -0.3 is 10.5 Å². The molecule has 0 amide bonds. The summed E-state index contributed by atoms with van der Waals surface area (Å²) >= 11 is 0. The zero-order valence-electron chi connectivity index (χ0n) is 7.83. The van der Waals surface area contributed by atoms with Crippen molar-refractivity contribution in [3.8, 4) is 6.07 Å². The third-order valence-electron chi connectivity index (χ3n) is 0.680. The standard InChI is InChI=1S/C5H8N2O2.C3H8/c1-2-9-5(8)4(7)3-6;1-3-2/h4H,2,7H2,1H3;3H2,1-2H3. The van der Waals surface area contributed by atoms with Gasteiger partial charge in [0.25, 0.3) is 0 Å². The summed E-state index contributed by atoms with van der Waals surface area (Å²) in [4.78, 5) is 10.4. The van der Waals surface area contributed by atoms with Crippen LogP contribution in [0.3, 0.4) is 0 Å². The molecule has 0 rings (SSSR count). The maximum atomic E-state index is 10.4. The summed E-state index contributed by atoms with van der Waals surface area (Å²) in [6.45, 7) is 6.16. The van der Waals surface area contributed by atoms with E-state index in [0.29, 0.717) is 0 Å². The van der Waals surface area contributed by atoms with Crippen LogP contribution >= 0.6 is 0 Å². The van der Waals surface area contributed by atoms with E-state index in [4.69, 9.17) is 11.0 Å². The van der Waals surface area contributed by atoms with E-state index in [1.54, 1.807) is 13.0 Å². The number of hydrogen-bond acceptors (Lipinski definition) is 4. The molecule has 0 saturated heterocycles. The van der Waals surface area contributed by atoms with Crippen LogP contribution in [0.1, 0.15) is 27.2 Å². The second-order valence-electron chi connectivity index (χ2n) is 2.07. The van der Waals surface area contributed by atoms with E-state index in [0.717, 1.165) is 0 Å². The van der Waals surface area contributed by atoms with E-state index in [9.17, 15) is 4.79 Å². The van der Waals surface area contributed by atoms with Gasteiger partial charge >= 0.3 is 5.97 Å². The lowest BCUT2D eigenvalue weighted by Crippen LogP contribution is -2.30. The molecular weight excluding hydrogens is 156 g/mol. The predicted octanol–water partition coefficient (Wildman–Crippen LogP) is 0.817. The molecule has 0 bridgehead atoms. The monoisotopic (exact) mass is 172 g/mol. The minimum absolute atomic E-state index is 0.258. The van der Waals surface area contributed by atoms with Crippen LogP contribution in [-0.4, -0.2) is 18.6 Å². The van der Waals surface area contributed by atoms with E-state index >= 15 is 0 Å². The van der Waals surface area contributed by atoms with Crippen molar-refractivity contribution in [1.82, 2.24) is 0 Å². The van der Waals surface area contributed by atoms with E-state index in [1.807, 2.05) is 0 Å². The fourth-order valence-electron chi connectivity index (χ4n) is 0.285. The molecule has 0 aliphatic heterocycles. The summed E-state index contributed by atoms with van der Waals surface area (Å²) in [5.74, 6) is -0.667. The molecule has 0 aromatic rings. The summed E-state index contributed by atoms with van der Waals surface area (Å²) in [5, 5.41) is 8.06. The van der Waals surface area contributed by atoms with Gasteiger partial charge in [-0.15, -0.1) is 0 Å². The highest BCUT2D eigenvalue weighted by molar-refractivity contribution is 5.78. The van der Waals surface area contributed by atoms with Gasteiger partial charge in [-0.2, -0.15) is 5.26 Å². The lowest BCUT2D eigenvalue weighted by atomic mass is 10.4. The zero-order valence-corrected chi connectivity index (χ0v) is 7.83. The Balaban J connectivity index is 0. The van der Waals surface area contributed by atoms with Crippen LogP contribution < -0.4 is 5.73 Å². The Morgan fingerprint density at radius 1 is 1.58 bits per heavy atom. The number of carbonyl (C=O) groups is 1.